The monoisotopic (exact) mass is 296 g/mol. The molecule has 0 atom stereocenters. The number of nitrogens with zero attached hydrogens (tertiary/aromatic N) is 1. The molecule has 2 fully saturated rings. The number of hydrogen-bond acceptors (Lipinski definition) is 2. The molecule has 1 aliphatic carbocycles. The molecular weight excluding hydrogens is 268 g/mol. The molecule has 21 heavy (non-hydrogen) atoms. The first-order valence-electron chi connectivity index (χ1n) is 8.21. The molecule has 5 nitrogen and oxygen atoms in total. The average Bonchev–Trinajstić information content (AvgIpc) is 2.47. The van der Waals surface area contributed by atoms with Crippen LogP contribution in [0.3, 0.4) is 0 Å². The lowest BCUT2D eigenvalue weighted by molar-refractivity contribution is -0.152. The van der Waals surface area contributed by atoms with E-state index in [1.54, 1.807) is 4.90 Å². The molecule has 120 valence electrons. The molecule has 5 heteroatoms. The van der Waals surface area contributed by atoms with E-state index < -0.39 is 11.4 Å². The Morgan fingerprint density at radius 2 is 1.67 bits per heavy atom. The molecule has 1 heterocycles. The minimum atomic E-state index is -0.718. The van der Waals surface area contributed by atoms with Gasteiger partial charge in [-0.3, -0.25) is 4.79 Å². The zero-order valence-electron chi connectivity index (χ0n) is 13.3. The van der Waals surface area contributed by atoms with Crippen molar-refractivity contribution in [1.29, 1.82) is 0 Å². The Morgan fingerprint density at radius 3 is 2.14 bits per heavy atom. The molecule has 0 spiro atoms. The summed E-state index contributed by atoms with van der Waals surface area (Å²) in [6.07, 6.45) is 7.44. The lowest BCUT2D eigenvalue weighted by atomic mass is 9.76. The summed E-state index contributed by atoms with van der Waals surface area (Å²) >= 11 is 0. The predicted octanol–water partition coefficient (Wildman–Crippen LogP) is 3.00. The SMILES string of the molecule is CCC1(C(=O)O)CCN(C(=O)NC2(C)CCCCC2)CC1. The quantitative estimate of drug-likeness (QED) is 0.841. The van der Waals surface area contributed by atoms with Crippen LogP contribution in [0.2, 0.25) is 0 Å². The first-order chi connectivity index (χ1) is 9.91. The van der Waals surface area contributed by atoms with Crippen LogP contribution in [0, 0.1) is 5.41 Å². The third kappa shape index (κ3) is 3.50. The zero-order valence-corrected chi connectivity index (χ0v) is 13.3. The van der Waals surface area contributed by atoms with E-state index in [0.29, 0.717) is 32.4 Å². The van der Waals surface area contributed by atoms with E-state index in [1.165, 1.54) is 19.3 Å². The first-order valence-corrected chi connectivity index (χ1v) is 8.21. The molecule has 2 aliphatic rings. The van der Waals surface area contributed by atoms with Gasteiger partial charge in [-0.15, -0.1) is 0 Å². The summed E-state index contributed by atoms with van der Waals surface area (Å²) in [5, 5.41) is 12.6. The second-order valence-corrected chi connectivity index (χ2v) is 6.98. The number of rotatable bonds is 3. The number of urea groups is 1. The largest absolute Gasteiger partial charge is 0.481 e. The molecule has 0 aromatic heterocycles. The standard InChI is InChI=1S/C16H28N2O3/c1-3-16(13(19)20)9-11-18(12-10-16)14(21)17-15(2)7-5-4-6-8-15/h3-12H2,1-2H3,(H,17,21)(H,19,20). The Morgan fingerprint density at radius 1 is 1.10 bits per heavy atom. The molecule has 0 unspecified atom stereocenters. The van der Waals surface area contributed by atoms with Crippen molar-refractivity contribution >= 4 is 12.0 Å². The van der Waals surface area contributed by atoms with Crippen molar-refractivity contribution in [3.05, 3.63) is 0 Å². The molecule has 1 saturated carbocycles. The highest BCUT2D eigenvalue weighted by molar-refractivity contribution is 5.77. The van der Waals surface area contributed by atoms with Crippen molar-refractivity contribution in [2.75, 3.05) is 13.1 Å². The lowest BCUT2D eigenvalue weighted by Gasteiger charge is -2.41. The molecule has 0 bridgehead atoms. The number of hydrogen-bond donors (Lipinski definition) is 2. The number of piperidine rings is 1. The van der Waals surface area contributed by atoms with Crippen LogP contribution < -0.4 is 5.32 Å². The highest BCUT2D eigenvalue weighted by Gasteiger charge is 2.41. The Labute approximate surface area is 127 Å². The Kier molecular flexibility index (Phi) is 4.79. The van der Waals surface area contributed by atoms with E-state index in [-0.39, 0.29) is 11.6 Å². The summed E-state index contributed by atoms with van der Waals surface area (Å²) < 4.78 is 0. The number of aliphatic carboxylic acids is 1. The fraction of sp³-hybridized carbons (Fsp3) is 0.875. The van der Waals surface area contributed by atoms with Gasteiger partial charge in [-0.05, 0) is 39.0 Å². The van der Waals surface area contributed by atoms with Crippen LogP contribution in [0.15, 0.2) is 0 Å². The summed E-state index contributed by atoms with van der Waals surface area (Å²) in [7, 11) is 0. The van der Waals surface area contributed by atoms with Crippen LogP contribution in [-0.4, -0.2) is 40.6 Å². The van der Waals surface area contributed by atoms with Crippen molar-refractivity contribution < 1.29 is 14.7 Å². The molecule has 2 N–H and O–H groups in total. The number of carboxylic acid groups (broad SMARTS) is 1. The van der Waals surface area contributed by atoms with Gasteiger partial charge in [-0.1, -0.05) is 26.2 Å². The maximum Gasteiger partial charge on any atom is 0.317 e. The fourth-order valence-electron chi connectivity index (χ4n) is 3.65. The van der Waals surface area contributed by atoms with Gasteiger partial charge >= 0.3 is 12.0 Å². The minimum absolute atomic E-state index is 0.0190. The average molecular weight is 296 g/mol. The second-order valence-electron chi connectivity index (χ2n) is 6.98. The van der Waals surface area contributed by atoms with E-state index in [0.717, 1.165) is 12.8 Å². The van der Waals surface area contributed by atoms with Crippen molar-refractivity contribution in [1.82, 2.24) is 10.2 Å². The topological polar surface area (TPSA) is 69.6 Å². The minimum Gasteiger partial charge on any atom is -0.481 e. The van der Waals surface area contributed by atoms with Crippen LogP contribution in [0.4, 0.5) is 4.79 Å². The lowest BCUT2D eigenvalue weighted by Crippen LogP contribution is -2.55. The number of carboxylic acids is 1. The molecule has 2 rings (SSSR count). The molecule has 0 radical (unpaired) electrons. The van der Waals surface area contributed by atoms with Crippen LogP contribution in [0.5, 0.6) is 0 Å². The number of amides is 2. The predicted molar refractivity (Wildman–Crippen MR) is 81.2 cm³/mol. The molecular formula is C16H28N2O3. The van der Waals surface area contributed by atoms with Crippen LogP contribution in [-0.2, 0) is 4.79 Å². The zero-order chi connectivity index (χ0) is 15.5. The second kappa shape index (κ2) is 6.24. The summed E-state index contributed by atoms with van der Waals surface area (Å²) in [4.78, 5) is 25.6. The van der Waals surface area contributed by atoms with E-state index in [2.05, 4.69) is 12.2 Å². The van der Waals surface area contributed by atoms with Gasteiger partial charge in [0.2, 0.25) is 0 Å². The van der Waals surface area contributed by atoms with Crippen molar-refractivity contribution in [2.45, 2.75) is 70.8 Å². The molecule has 0 aromatic rings. The van der Waals surface area contributed by atoms with Gasteiger partial charge in [0.15, 0.2) is 0 Å². The van der Waals surface area contributed by atoms with E-state index >= 15 is 0 Å². The number of carbonyl (C=O) groups excluding carboxylic acids is 1. The summed E-state index contributed by atoms with van der Waals surface area (Å²) in [6, 6.07) is -0.0190. The first kappa shape index (κ1) is 16.1. The van der Waals surface area contributed by atoms with Gasteiger partial charge in [0.05, 0.1) is 5.41 Å². The molecule has 1 aliphatic heterocycles. The van der Waals surface area contributed by atoms with Crippen molar-refractivity contribution in [3.63, 3.8) is 0 Å². The van der Waals surface area contributed by atoms with E-state index in [9.17, 15) is 14.7 Å². The Hall–Kier alpha value is -1.26. The maximum atomic E-state index is 12.4. The van der Waals surface area contributed by atoms with E-state index in [4.69, 9.17) is 0 Å². The fourth-order valence-corrected chi connectivity index (χ4v) is 3.65. The van der Waals surface area contributed by atoms with Crippen LogP contribution >= 0.6 is 0 Å². The molecule has 2 amide bonds. The smallest absolute Gasteiger partial charge is 0.317 e. The normalized spacial score (nSPS) is 24.4. The summed E-state index contributed by atoms with van der Waals surface area (Å²) in [5.74, 6) is -0.718. The van der Waals surface area contributed by atoms with Crippen LogP contribution in [0.25, 0.3) is 0 Å². The highest BCUT2D eigenvalue weighted by atomic mass is 16.4. The van der Waals surface area contributed by atoms with Gasteiger partial charge in [-0.2, -0.15) is 0 Å². The summed E-state index contributed by atoms with van der Waals surface area (Å²) in [6.45, 7) is 5.14. The Bertz CT molecular complexity index is 394. The third-order valence-corrected chi connectivity index (χ3v) is 5.50. The summed E-state index contributed by atoms with van der Waals surface area (Å²) in [5.41, 5.74) is -0.715. The molecule has 1 saturated heterocycles. The van der Waals surface area contributed by atoms with Gasteiger partial charge in [0.1, 0.15) is 0 Å². The van der Waals surface area contributed by atoms with E-state index in [1.807, 2.05) is 6.92 Å². The van der Waals surface area contributed by atoms with Gasteiger partial charge in [-0.25, -0.2) is 4.79 Å². The number of likely N-dealkylation sites (tertiary alicyclic amines) is 1. The number of nitrogens with one attached hydrogen (secondary N) is 1. The van der Waals surface area contributed by atoms with Gasteiger partial charge < -0.3 is 15.3 Å². The van der Waals surface area contributed by atoms with Gasteiger partial charge in [0, 0.05) is 18.6 Å². The van der Waals surface area contributed by atoms with Crippen molar-refractivity contribution in [3.8, 4) is 0 Å². The maximum absolute atomic E-state index is 12.4. The van der Waals surface area contributed by atoms with Gasteiger partial charge in [0.25, 0.3) is 0 Å². The van der Waals surface area contributed by atoms with Crippen LogP contribution in [0.1, 0.15) is 65.2 Å². The Balaban J connectivity index is 1.89. The molecule has 0 aromatic carbocycles. The number of carbonyl (C=O) groups is 2. The highest BCUT2D eigenvalue weighted by Crippen LogP contribution is 2.35. The van der Waals surface area contributed by atoms with Crippen molar-refractivity contribution in [2.24, 2.45) is 5.41 Å². The third-order valence-electron chi connectivity index (χ3n) is 5.50.